The van der Waals surface area contributed by atoms with Crippen molar-refractivity contribution in [2.75, 3.05) is 51.7 Å². The number of rotatable bonds is 6. The second kappa shape index (κ2) is 7.87. The molecule has 2 saturated heterocycles. The molecule has 0 saturated carbocycles. The van der Waals surface area contributed by atoms with E-state index in [9.17, 15) is 18.5 Å². The first-order valence-electron chi connectivity index (χ1n) is 8.83. The molecule has 1 aromatic carbocycles. The van der Waals surface area contributed by atoms with Crippen LogP contribution in [-0.4, -0.2) is 70.1 Å². The van der Waals surface area contributed by atoms with Crippen LogP contribution in [0, 0.1) is 10.1 Å². The maximum absolute atomic E-state index is 12.8. The van der Waals surface area contributed by atoms with Crippen molar-refractivity contribution in [3.63, 3.8) is 0 Å². The maximum atomic E-state index is 12.8. The van der Waals surface area contributed by atoms with Crippen molar-refractivity contribution < 1.29 is 23.0 Å². The Morgan fingerprint density at radius 2 is 2.12 bits per heavy atom. The Morgan fingerprint density at radius 1 is 1.38 bits per heavy atom. The van der Waals surface area contributed by atoms with E-state index in [0.717, 1.165) is 32.0 Å². The van der Waals surface area contributed by atoms with Crippen molar-refractivity contribution in [2.45, 2.75) is 23.8 Å². The van der Waals surface area contributed by atoms with Crippen LogP contribution in [0.1, 0.15) is 12.8 Å². The summed E-state index contributed by atoms with van der Waals surface area (Å²) in [4.78, 5) is 12.1. The van der Waals surface area contributed by atoms with E-state index in [1.807, 2.05) is 7.05 Å². The molecule has 0 amide bonds. The largest absolute Gasteiger partial charge is 0.377 e. The van der Waals surface area contributed by atoms with Gasteiger partial charge in [0.25, 0.3) is 5.69 Å². The van der Waals surface area contributed by atoms with E-state index in [2.05, 4.69) is 5.32 Å². The van der Waals surface area contributed by atoms with Crippen LogP contribution in [0.15, 0.2) is 23.1 Å². The highest BCUT2D eigenvalue weighted by Crippen LogP contribution is 2.29. The number of ether oxygens (including phenoxy) is 1. The van der Waals surface area contributed by atoms with Crippen LogP contribution in [0.3, 0.4) is 0 Å². The van der Waals surface area contributed by atoms with Crippen molar-refractivity contribution in [1.82, 2.24) is 4.31 Å². The number of nitrogens with zero attached hydrogens (tertiary/aromatic N) is 2. The summed E-state index contributed by atoms with van der Waals surface area (Å²) in [5.74, 6) is 0. The highest BCUT2D eigenvalue weighted by molar-refractivity contribution is 7.89. The van der Waals surface area contributed by atoms with Crippen LogP contribution in [-0.2, 0) is 14.8 Å². The van der Waals surface area contributed by atoms with Crippen molar-refractivity contribution in [3.8, 4) is 0 Å². The number of hydrogen-bond donors (Lipinski definition) is 2. The summed E-state index contributed by atoms with van der Waals surface area (Å²) in [5, 5.41) is 14.5. The predicted octanol–water partition coefficient (Wildman–Crippen LogP) is -0.295. The average molecular weight is 385 g/mol. The minimum absolute atomic E-state index is 0.0332. The van der Waals surface area contributed by atoms with Gasteiger partial charge in [-0.3, -0.25) is 10.1 Å². The molecule has 2 heterocycles. The summed E-state index contributed by atoms with van der Waals surface area (Å²) in [6.45, 7) is 3.46. The second-order valence-electron chi connectivity index (χ2n) is 6.81. The fourth-order valence-corrected chi connectivity index (χ4v) is 4.72. The third-order valence-electron chi connectivity index (χ3n) is 4.92. The highest BCUT2D eigenvalue weighted by Gasteiger charge is 2.31. The van der Waals surface area contributed by atoms with E-state index < -0.39 is 14.9 Å². The lowest BCUT2D eigenvalue weighted by Crippen LogP contribution is -3.12. The van der Waals surface area contributed by atoms with Gasteiger partial charge in [0, 0.05) is 19.2 Å². The number of hydrogen-bond acceptors (Lipinski definition) is 6. The molecule has 0 radical (unpaired) electrons. The Bertz CT molecular complexity index is 756. The minimum atomic E-state index is -3.73. The van der Waals surface area contributed by atoms with Crippen LogP contribution in [0.25, 0.3) is 0 Å². The number of sulfonamides is 1. The Labute approximate surface area is 153 Å². The molecule has 2 N–H and O–H groups in total. The lowest BCUT2D eigenvalue weighted by molar-refractivity contribution is -0.883. The van der Waals surface area contributed by atoms with Crippen molar-refractivity contribution >= 4 is 21.4 Å². The number of anilines is 1. The van der Waals surface area contributed by atoms with Gasteiger partial charge in [-0.2, -0.15) is 4.31 Å². The number of nitrogens with one attached hydrogen (secondary N) is 2. The van der Waals surface area contributed by atoms with Gasteiger partial charge in [0.1, 0.15) is 5.69 Å². The summed E-state index contributed by atoms with van der Waals surface area (Å²) in [6, 6.07) is 4.06. The van der Waals surface area contributed by atoms with Crippen LogP contribution in [0.2, 0.25) is 0 Å². The summed E-state index contributed by atoms with van der Waals surface area (Å²) in [5.41, 5.74) is 0.0797. The molecule has 0 unspecified atom stereocenters. The zero-order valence-corrected chi connectivity index (χ0v) is 15.6. The van der Waals surface area contributed by atoms with Crippen LogP contribution < -0.4 is 10.2 Å². The van der Waals surface area contributed by atoms with Gasteiger partial charge in [-0.25, -0.2) is 8.42 Å². The monoisotopic (exact) mass is 385 g/mol. The number of piperazine rings is 1. The minimum Gasteiger partial charge on any atom is -0.377 e. The van der Waals surface area contributed by atoms with Gasteiger partial charge in [0.2, 0.25) is 10.0 Å². The Hall–Kier alpha value is -1.75. The molecule has 1 aromatic rings. The zero-order chi connectivity index (χ0) is 18.7. The molecular formula is C16H25N4O5S+. The molecule has 10 heteroatoms. The first-order chi connectivity index (χ1) is 12.4. The van der Waals surface area contributed by atoms with Crippen molar-refractivity contribution in [2.24, 2.45) is 0 Å². The molecule has 26 heavy (non-hydrogen) atoms. The van der Waals surface area contributed by atoms with Crippen LogP contribution in [0.5, 0.6) is 0 Å². The Kier molecular flexibility index (Phi) is 5.76. The second-order valence-corrected chi connectivity index (χ2v) is 8.75. The molecule has 1 atom stereocenters. The molecule has 2 fully saturated rings. The molecule has 0 spiro atoms. The fraction of sp³-hybridized carbons (Fsp3) is 0.625. The molecule has 0 bridgehead atoms. The number of nitro groups is 1. The first kappa shape index (κ1) is 19.0. The zero-order valence-electron chi connectivity index (χ0n) is 14.8. The average Bonchev–Trinajstić information content (AvgIpc) is 3.13. The number of benzene rings is 1. The van der Waals surface area contributed by atoms with E-state index in [4.69, 9.17) is 4.74 Å². The molecule has 2 aliphatic heterocycles. The van der Waals surface area contributed by atoms with Gasteiger partial charge in [-0.05, 0) is 25.0 Å². The fourth-order valence-electron chi connectivity index (χ4n) is 3.26. The summed E-state index contributed by atoms with van der Waals surface area (Å²) in [6.07, 6.45) is 1.93. The third-order valence-corrected chi connectivity index (χ3v) is 6.82. The van der Waals surface area contributed by atoms with E-state index in [0.29, 0.717) is 31.9 Å². The van der Waals surface area contributed by atoms with E-state index >= 15 is 0 Å². The SMILES string of the molecule is C[NH+]1CCN(S(=O)(=O)c2ccc(NC[C@H]3CCCO3)c([N+](=O)[O-])c2)CC1. The molecule has 144 valence electrons. The highest BCUT2D eigenvalue weighted by atomic mass is 32.2. The molecule has 2 aliphatic rings. The normalized spacial score (nSPS) is 22.4. The Morgan fingerprint density at radius 3 is 2.73 bits per heavy atom. The van der Waals surface area contributed by atoms with Crippen LogP contribution in [0.4, 0.5) is 11.4 Å². The van der Waals surface area contributed by atoms with Crippen molar-refractivity contribution in [3.05, 3.63) is 28.3 Å². The molecule has 0 aliphatic carbocycles. The summed E-state index contributed by atoms with van der Waals surface area (Å²) in [7, 11) is -1.71. The van der Waals surface area contributed by atoms with Gasteiger partial charge in [0.05, 0.1) is 49.1 Å². The van der Waals surface area contributed by atoms with Crippen molar-refractivity contribution in [1.29, 1.82) is 0 Å². The third kappa shape index (κ3) is 4.14. The molecule has 3 rings (SSSR count). The topological polar surface area (TPSA) is 106 Å². The standard InChI is InChI=1S/C16H24N4O5S/c1-18-6-8-19(9-7-18)26(23,24)14-4-5-15(16(11-14)20(21)22)17-12-13-3-2-10-25-13/h4-5,11,13,17H,2-3,6-10,12H2,1H3/p+1/t13-/m1/s1. The van der Waals surface area contributed by atoms with Gasteiger partial charge in [-0.1, -0.05) is 0 Å². The molecule has 9 nitrogen and oxygen atoms in total. The number of nitro benzene ring substituents is 1. The lowest BCUT2D eigenvalue weighted by Gasteiger charge is -2.29. The van der Waals surface area contributed by atoms with Gasteiger partial charge >= 0.3 is 0 Å². The van der Waals surface area contributed by atoms with Gasteiger partial charge in [-0.15, -0.1) is 0 Å². The smallest absolute Gasteiger partial charge is 0.293 e. The predicted molar refractivity (Wildman–Crippen MR) is 95.9 cm³/mol. The number of likely N-dealkylation sites (N-methyl/N-ethyl adjacent to an activating group) is 1. The van der Waals surface area contributed by atoms with Gasteiger partial charge in [0.15, 0.2) is 0 Å². The number of quaternary nitrogens is 1. The van der Waals surface area contributed by atoms with E-state index in [-0.39, 0.29) is 16.7 Å². The molecule has 0 aromatic heterocycles. The quantitative estimate of drug-likeness (QED) is 0.515. The van der Waals surface area contributed by atoms with E-state index in [1.165, 1.54) is 21.3 Å². The van der Waals surface area contributed by atoms with E-state index in [1.54, 1.807) is 0 Å². The maximum Gasteiger partial charge on any atom is 0.293 e. The summed E-state index contributed by atoms with van der Waals surface area (Å²) >= 11 is 0. The lowest BCUT2D eigenvalue weighted by atomic mass is 10.2. The molecular weight excluding hydrogens is 360 g/mol. The van der Waals surface area contributed by atoms with Gasteiger partial charge < -0.3 is 15.0 Å². The first-order valence-corrected chi connectivity index (χ1v) is 10.3. The van der Waals surface area contributed by atoms with Crippen LogP contribution >= 0.6 is 0 Å². The Balaban J connectivity index is 1.79. The summed E-state index contributed by atoms with van der Waals surface area (Å²) < 4.78 is 32.5.